The summed E-state index contributed by atoms with van der Waals surface area (Å²) in [4.78, 5) is 16.3. The summed E-state index contributed by atoms with van der Waals surface area (Å²) in [6.45, 7) is 0.968. The Morgan fingerprint density at radius 1 is 0.795 bits per heavy atom. The van der Waals surface area contributed by atoms with Crippen molar-refractivity contribution in [1.82, 2.24) is 9.55 Å². The second-order valence-electron chi connectivity index (χ2n) is 9.37. The Hall–Kier alpha value is -3.89. The van der Waals surface area contributed by atoms with Crippen LogP contribution in [0.1, 0.15) is 22.9 Å². The molecule has 39 heavy (non-hydrogen) atoms. The molecule has 3 aromatic carbocycles. The molecular weight excluding hydrogens is 498 g/mol. The van der Waals surface area contributed by atoms with Crippen LogP contribution in [0.5, 0.6) is 0 Å². The molecule has 0 saturated carbocycles. The van der Waals surface area contributed by atoms with Crippen molar-refractivity contribution in [2.45, 2.75) is 50.4 Å². The molecule has 202 valence electrons. The first-order valence-corrected chi connectivity index (χ1v) is 12.9. The summed E-state index contributed by atoms with van der Waals surface area (Å²) >= 11 is 0. The highest BCUT2D eigenvalue weighted by Gasteiger charge is 2.54. The van der Waals surface area contributed by atoms with Gasteiger partial charge in [-0.05, 0) is 16.7 Å². The van der Waals surface area contributed by atoms with Crippen molar-refractivity contribution in [3.63, 3.8) is 0 Å². The van der Waals surface area contributed by atoms with E-state index in [4.69, 9.17) is 18.9 Å². The molecule has 1 aliphatic rings. The molecule has 0 aliphatic carbocycles. The number of hydrogen-bond donors (Lipinski definition) is 0. The Morgan fingerprint density at radius 3 is 1.85 bits per heavy atom. The summed E-state index contributed by atoms with van der Waals surface area (Å²) in [5.41, 5.74) is 2.86. The van der Waals surface area contributed by atoms with Crippen LogP contribution in [0.2, 0.25) is 0 Å². The van der Waals surface area contributed by atoms with E-state index in [-0.39, 0.29) is 24.7 Å². The number of rotatable bonds is 12. The minimum Gasteiger partial charge on any atom is -0.374 e. The highest BCUT2D eigenvalue weighted by Crippen LogP contribution is 2.35. The number of ether oxygens (including phenoxy) is 4. The van der Waals surface area contributed by atoms with Crippen LogP contribution in [0, 0.1) is 10.1 Å². The summed E-state index contributed by atoms with van der Waals surface area (Å²) in [5, 5.41) is 12.5. The molecule has 0 radical (unpaired) electrons. The summed E-state index contributed by atoms with van der Waals surface area (Å²) in [7, 11) is 0. The van der Waals surface area contributed by atoms with Crippen molar-refractivity contribution < 1.29 is 23.9 Å². The predicted molar refractivity (Wildman–Crippen MR) is 143 cm³/mol. The standard InChI is InChI=1S/C30H31N3O6/c34-33(35)27-29(38-20-25-14-8-3-9-15-25)28(37-19-24-12-6-2-7-13-24)26(39-30(27)32-17-16-31-22-32)21-36-18-23-10-4-1-5-11-23/h1-17,22,26-30H,18-21H2/t26-,27-,28+,29-,30-/m1/s1. The molecule has 2 heterocycles. The minimum absolute atomic E-state index is 0.162. The normalized spacial score (nSPS) is 22.9. The Morgan fingerprint density at radius 2 is 1.33 bits per heavy atom. The molecular formula is C30H31N3O6. The van der Waals surface area contributed by atoms with E-state index in [1.807, 2.05) is 91.0 Å². The van der Waals surface area contributed by atoms with Gasteiger partial charge in [-0.1, -0.05) is 91.0 Å². The third kappa shape index (κ3) is 6.96. The smallest absolute Gasteiger partial charge is 0.285 e. The van der Waals surface area contributed by atoms with Crippen molar-refractivity contribution in [2.24, 2.45) is 0 Å². The number of nitro groups is 1. The highest BCUT2D eigenvalue weighted by atomic mass is 16.7. The number of aromatic nitrogens is 2. The van der Waals surface area contributed by atoms with Gasteiger partial charge in [-0.2, -0.15) is 0 Å². The lowest BCUT2D eigenvalue weighted by molar-refractivity contribution is -0.568. The van der Waals surface area contributed by atoms with Crippen LogP contribution in [-0.2, 0) is 38.8 Å². The van der Waals surface area contributed by atoms with E-state index in [0.29, 0.717) is 6.61 Å². The molecule has 5 rings (SSSR count). The lowest BCUT2D eigenvalue weighted by Gasteiger charge is -2.42. The molecule has 0 unspecified atom stereocenters. The van der Waals surface area contributed by atoms with E-state index >= 15 is 0 Å². The zero-order valence-electron chi connectivity index (χ0n) is 21.4. The number of nitrogens with zero attached hydrogens (tertiary/aromatic N) is 3. The molecule has 9 nitrogen and oxygen atoms in total. The van der Waals surface area contributed by atoms with Gasteiger partial charge in [0.25, 0.3) is 6.04 Å². The van der Waals surface area contributed by atoms with E-state index < -0.39 is 30.6 Å². The van der Waals surface area contributed by atoms with Crippen LogP contribution >= 0.6 is 0 Å². The van der Waals surface area contributed by atoms with Crippen molar-refractivity contribution in [3.05, 3.63) is 137 Å². The Bertz CT molecular complexity index is 1270. The van der Waals surface area contributed by atoms with Crippen LogP contribution < -0.4 is 0 Å². The maximum absolute atomic E-state index is 12.5. The molecule has 0 bridgehead atoms. The number of benzene rings is 3. The van der Waals surface area contributed by atoms with Crippen LogP contribution in [0.15, 0.2) is 110 Å². The Kier molecular flexibility index (Phi) is 9.08. The van der Waals surface area contributed by atoms with E-state index in [9.17, 15) is 10.1 Å². The van der Waals surface area contributed by atoms with Crippen LogP contribution in [0.25, 0.3) is 0 Å². The largest absolute Gasteiger partial charge is 0.374 e. The minimum atomic E-state index is -1.24. The van der Waals surface area contributed by atoms with Crippen LogP contribution in [-0.4, -0.2) is 45.4 Å². The first kappa shape index (κ1) is 26.7. The molecule has 9 heteroatoms. The van der Waals surface area contributed by atoms with Gasteiger partial charge in [0.15, 0.2) is 6.10 Å². The molecule has 1 aliphatic heterocycles. The first-order valence-electron chi connectivity index (χ1n) is 12.9. The fraction of sp³-hybridized carbons (Fsp3) is 0.300. The SMILES string of the molecule is O=[N+]([O-])[C@@H]1[C@@H](OCc2ccccc2)[C@@H](OCc2ccccc2)[C@@H](COCc2ccccc2)O[C@H]1n1ccnc1. The fourth-order valence-electron chi connectivity index (χ4n) is 4.73. The Labute approximate surface area is 227 Å². The van der Waals surface area contributed by atoms with Gasteiger partial charge >= 0.3 is 0 Å². The maximum Gasteiger partial charge on any atom is 0.285 e. The molecule has 1 aromatic heterocycles. The van der Waals surface area contributed by atoms with Gasteiger partial charge in [0.1, 0.15) is 12.2 Å². The van der Waals surface area contributed by atoms with Gasteiger partial charge < -0.3 is 23.5 Å². The maximum atomic E-state index is 12.5. The summed E-state index contributed by atoms with van der Waals surface area (Å²) in [6.07, 6.45) is 1.46. The van der Waals surface area contributed by atoms with Gasteiger partial charge in [-0.15, -0.1) is 0 Å². The topological polar surface area (TPSA) is 97.9 Å². The average molecular weight is 530 g/mol. The second kappa shape index (κ2) is 13.3. The van der Waals surface area contributed by atoms with Gasteiger partial charge in [0.2, 0.25) is 6.23 Å². The van der Waals surface area contributed by atoms with Crippen LogP contribution in [0.4, 0.5) is 0 Å². The first-order chi connectivity index (χ1) is 19.2. The summed E-state index contributed by atoms with van der Waals surface area (Å²) < 4.78 is 26.7. The average Bonchev–Trinajstić information content (AvgIpc) is 3.52. The third-order valence-corrected chi connectivity index (χ3v) is 6.66. The molecule has 0 spiro atoms. The molecule has 1 saturated heterocycles. The van der Waals surface area contributed by atoms with E-state index in [1.54, 1.807) is 17.0 Å². The highest BCUT2D eigenvalue weighted by molar-refractivity contribution is 5.15. The number of imidazole rings is 1. The molecule has 4 aromatic rings. The zero-order chi connectivity index (χ0) is 26.9. The van der Waals surface area contributed by atoms with E-state index in [2.05, 4.69) is 4.98 Å². The van der Waals surface area contributed by atoms with Crippen molar-refractivity contribution in [3.8, 4) is 0 Å². The summed E-state index contributed by atoms with van der Waals surface area (Å²) in [5.74, 6) is 0. The molecule has 0 amide bonds. The quantitative estimate of drug-likeness (QED) is 0.192. The zero-order valence-corrected chi connectivity index (χ0v) is 21.4. The number of hydrogen-bond acceptors (Lipinski definition) is 7. The lowest BCUT2D eigenvalue weighted by Crippen LogP contribution is -2.60. The molecule has 1 fully saturated rings. The van der Waals surface area contributed by atoms with E-state index in [1.165, 1.54) is 6.33 Å². The lowest BCUT2D eigenvalue weighted by atomic mass is 9.95. The summed E-state index contributed by atoms with van der Waals surface area (Å²) in [6, 6.07) is 27.8. The second-order valence-corrected chi connectivity index (χ2v) is 9.37. The monoisotopic (exact) mass is 529 g/mol. The van der Waals surface area contributed by atoms with Crippen LogP contribution in [0.3, 0.4) is 0 Å². The third-order valence-electron chi connectivity index (χ3n) is 6.66. The Balaban J connectivity index is 1.43. The van der Waals surface area contributed by atoms with Gasteiger partial charge in [0.05, 0.1) is 32.8 Å². The van der Waals surface area contributed by atoms with Gasteiger partial charge in [-0.25, -0.2) is 4.98 Å². The fourth-order valence-corrected chi connectivity index (χ4v) is 4.73. The predicted octanol–water partition coefficient (Wildman–Crippen LogP) is 4.81. The molecule has 0 N–H and O–H groups in total. The molecule has 5 atom stereocenters. The van der Waals surface area contributed by atoms with Gasteiger partial charge in [0, 0.05) is 17.3 Å². The van der Waals surface area contributed by atoms with Crippen molar-refractivity contribution >= 4 is 0 Å². The van der Waals surface area contributed by atoms with E-state index in [0.717, 1.165) is 16.7 Å². The van der Waals surface area contributed by atoms with Crippen molar-refractivity contribution in [1.29, 1.82) is 0 Å². The van der Waals surface area contributed by atoms with Crippen molar-refractivity contribution in [2.75, 3.05) is 6.61 Å². The van der Waals surface area contributed by atoms with Gasteiger partial charge in [-0.3, -0.25) is 10.1 Å².